The average Bonchev–Trinajstić information content (AvgIpc) is 3.09. The lowest BCUT2D eigenvalue weighted by Crippen LogP contribution is -2.22. The Labute approximate surface area is 167 Å². The third-order valence-corrected chi connectivity index (χ3v) is 4.66. The fourth-order valence-corrected chi connectivity index (χ4v) is 3.37. The van der Waals surface area contributed by atoms with Gasteiger partial charge in [-0.1, -0.05) is 44.2 Å². The second-order valence-electron chi connectivity index (χ2n) is 6.52. The van der Waals surface area contributed by atoms with Crippen molar-refractivity contribution in [2.75, 3.05) is 13.1 Å². The molecule has 3 N–H and O–H groups in total. The Morgan fingerprint density at radius 1 is 1.43 bits per heavy atom. The van der Waals surface area contributed by atoms with E-state index in [9.17, 15) is 9.90 Å². The van der Waals surface area contributed by atoms with Crippen molar-refractivity contribution in [2.24, 2.45) is 0 Å². The highest BCUT2D eigenvalue weighted by Gasteiger charge is 2.30. The second-order valence-corrected chi connectivity index (χ2v) is 6.52. The van der Waals surface area contributed by atoms with Gasteiger partial charge in [-0.05, 0) is 38.3 Å². The van der Waals surface area contributed by atoms with E-state index in [4.69, 9.17) is 4.42 Å². The van der Waals surface area contributed by atoms with Gasteiger partial charge in [0.05, 0.1) is 6.10 Å². The Morgan fingerprint density at radius 3 is 2.86 bits per heavy atom. The molecule has 1 aromatic rings. The summed E-state index contributed by atoms with van der Waals surface area (Å²) in [4.78, 5) is 12.5. The van der Waals surface area contributed by atoms with Gasteiger partial charge in [-0.3, -0.25) is 4.79 Å². The molecule has 1 amide bonds. The first-order valence-electron chi connectivity index (χ1n) is 10.2. The fraction of sp³-hybridized carbons (Fsp3) is 0.435. The monoisotopic (exact) mass is 384 g/mol. The predicted molar refractivity (Wildman–Crippen MR) is 114 cm³/mol. The van der Waals surface area contributed by atoms with Crippen LogP contribution in [0.5, 0.6) is 0 Å². The van der Waals surface area contributed by atoms with E-state index < -0.39 is 6.10 Å². The minimum Gasteiger partial charge on any atom is -0.451 e. The van der Waals surface area contributed by atoms with Crippen LogP contribution in [0, 0.1) is 0 Å². The number of furan rings is 1. The van der Waals surface area contributed by atoms with Crippen molar-refractivity contribution < 1.29 is 14.3 Å². The summed E-state index contributed by atoms with van der Waals surface area (Å²) in [7, 11) is 0. The molecule has 0 fully saturated rings. The van der Waals surface area contributed by atoms with Gasteiger partial charge in [0.25, 0.3) is 5.91 Å². The molecule has 2 unspecified atom stereocenters. The molecular formula is C23H32N2O3. The minimum absolute atomic E-state index is 0.0798. The maximum absolute atomic E-state index is 12.5. The third kappa shape index (κ3) is 5.04. The summed E-state index contributed by atoms with van der Waals surface area (Å²) in [6, 6.07) is 1.98. The Bertz CT molecular complexity index is 784. The first-order chi connectivity index (χ1) is 13.6. The van der Waals surface area contributed by atoms with Crippen LogP contribution in [0.15, 0.2) is 52.6 Å². The van der Waals surface area contributed by atoms with Crippen LogP contribution in [0.25, 0.3) is 5.57 Å². The van der Waals surface area contributed by atoms with Crippen LogP contribution in [0.3, 0.4) is 0 Å². The van der Waals surface area contributed by atoms with Crippen LogP contribution in [-0.4, -0.2) is 30.2 Å². The lowest BCUT2D eigenvalue weighted by molar-refractivity contribution is 0.0928. The molecule has 0 bridgehead atoms. The number of allylic oxidation sites excluding steroid dienone is 5. The Hall–Kier alpha value is -2.53. The number of carbonyl (C=O) groups is 1. The summed E-state index contributed by atoms with van der Waals surface area (Å²) < 4.78 is 5.98. The Kier molecular flexibility index (Phi) is 8.33. The van der Waals surface area contributed by atoms with Crippen molar-refractivity contribution in [1.82, 2.24) is 10.6 Å². The van der Waals surface area contributed by atoms with Gasteiger partial charge in [-0.25, -0.2) is 0 Å². The summed E-state index contributed by atoms with van der Waals surface area (Å²) >= 11 is 0. The van der Waals surface area contributed by atoms with Crippen molar-refractivity contribution in [1.29, 1.82) is 0 Å². The van der Waals surface area contributed by atoms with Crippen molar-refractivity contribution in [3.63, 3.8) is 0 Å². The lowest BCUT2D eigenvalue weighted by atomic mass is 9.85. The van der Waals surface area contributed by atoms with E-state index >= 15 is 0 Å². The summed E-state index contributed by atoms with van der Waals surface area (Å²) in [5, 5.41) is 15.8. The van der Waals surface area contributed by atoms with E-state index in [1.807, 2.05) is 64.3 Å². The van der Waals surface area contributed by atoms with E-state index in [-0.39, 0.29) is 11.8 Å². The first-order valence-corrected chi connectivity index (χ1v) is 10.2. The van der Waals surface area contributed by atoms with Gasteiger partial charge >= 0.3 is 0 Å². The molecular weight excluding hydrogens is 352 g/mol. The first kappa shape index (κ1) is 21.8. The number of rotatable bonds is 5. The topological polar surface area (TPSA) is 74.5 Å². The van der Waals surface area contributed by atoms with E-state index in [2.05, 4.69) is 16.7 Å². The zero-order valence-corrected chi connectivity index (χ0v) is 17.3. The largest absolute Gasteiger partial charge is 0.451 e. The lowest BCUT2D eigenvalue weighted by Gasteiger charge is -2.19. The molecule has 5 heteroatoms. The zero-order chi connectivity index (χ0) is 20.5. The number of nitrogens with one attached hydrogen (secondary N) is 2. The van der Waals surface area contributed by atoms with E-state index in [1.54, 1.807) is 0 Å². The molecule has 2 atom stereocenters. The predicted octanol–water partition coefficient (Wildman–Crippen LogP) is 4.30. The van der Waals surface area contributed by atoms with Gasteiger partial charge in [0.1, 0.15) is 5.76 Å². The maximum Gasteiger partial charge on any atom is 0.287 e. The van der Waals surface area contributed by atoms with E-state index in [1.165, 1.54) is 0 Å². The summed E-state index contributed by atoms with van der Waals surface area (Å²) in [5.41, 5.74) is 2.94. The van der Waals surface area contributed by atoms with Crippen LogP contribution < -0.4 is 10.6 Å². The van der Waals surface area contributed by atoms with Crippen LogP contribution in [0.1, 0.15) is 68.3 Å². The number of aliphatic hydroxyl groups excluding tert-OH is 1. The van der Waals surface area contributed by atoms with Gasteiger partial charge in [0.15, 0.2) is 5.76 Å². The molecule has 1 aromatic heterocycles. The highest BCUT2D eigenvalue weighted by molar-refractivity contribution is 5.94. The standard InChI is InChI=1S/C21H26N2O3.C2H6/c1-3-5-15(13-22-4-2)19-12-18-17(14-6-8-16(24)9-7-14)10-11-23-21(25)20(18)26-19;1-2/h3,5-8,12-13,16-17,22,24H,4,9-11H2,1-2H3,(H,23,25);1-2H3/b5-3-,15-13+;. The highest BCUT2D eigenvalue weighted by Crippen LogP contribution is 2.37. The Balaban J connectivity index is 0.00000136. The summed E-state index contributed by atoms with van der Waals surface area (Å²) in [6.07, 6.45) is 12.6. The van der Waals surface area contributed by atoms with Gasteiger partial charge in [-0.15, -0.1) is 0 Å². The van der Waals surface area contributed by atoms with Crippen molar-refractivity contribution in [3.8, 4) is 0 Å². The molecule has 152 valence electrons. The molecule has 2 heterocycles. The third-order valence-electron chi connectivity index (χ3n) is 4.66. The summed E-state index contributed by atoms with van der Waals surface area (Å²) in [5.74, 6) is 0.972. The number of amides is 1. The van der Waals surface area contributed by atoms with Gasteiger partial charge in [0, 0.05) is 36.3 Å². The van der Waals surface area contributed by atoms with Gasteiger partial charge in [-0.2, -0.15) is 0 Å². The molecule has 0 saturated heterocycles. The molecule has 28 heavy (non-hydrogen) atoms. The molecule has 1 aliphatic heterocycles. The van der Waals surface area contributed by atoms with Crippen LogP contribution in [-0.2, 0) is 0 Å². The smallest absolute Gasteiger partial charge is 0.287 e. The summed E-state index contributed by atoms with van der Waals surface area (Å²) in [6.45, 7) is 9.39. The molecule has 2 aliphatic rings. The van der Waals surface area contributed by atoms with Crippen molar-refractivity contribution >= 4 is 11.5 Å². The highest BCUT2D eigenvalue weighted by atomic mass is 16.4. The fourth-order valence-electron chi connectivity index (χ4n) is 3.37. The molecule has 0 radical (unpaired) electrons. The number of hydrogen-bond acceptors (Lipinski definition) is 4. The van der Waals surface area contributed by atoms with Crippen molar-refractivity contribution in [3.05, 3.63) is 65.3 Å². The number of hydrogen-bond donors (Lipinski definition) is 3. The van der Waals surface area contributed by atoms with E-state index in [0.717, 1.165) is 29.7 Å². The van der Waals surface area contributed by atoms with Crippen LogP contribution >= 0.6 is 0 Å². The minimum atomic E-state index is -0.423. The maximum atomic E-state index is 12.5. The molecule has 3 rings (SSSR count). The molecule has 0 spiro atoms. The van der Waals surface area contributed by atoms with Crippen LogP contribution in [0.4, 0.5) is 0 Å². The number of carbonyl (C=O) groups excluding carboxylic acids is 1. The van der Waals surface area contributed by atoms with Crippen LogP contribution in [0.2, 0.25) is 0 Å². The molecule has 0 aromatic carbocycles. The molecule has 0 saturated carbocycles. The average molecular weight is 385 g/mol. The molecule has 1 aliphatic carbocycles. The van der Waals surface area contributed by atoms with E-state index in [0.29, 0.717) is 24.5 Å². The normalized spacial score (nSPS) is 22.0. The van der Waals surface area contributed by atoms with Gasteiger partial charge in [0.2, 0.25) is 0 Å². The Morgan fingerprint density at radius 2 is 2.21 bits per heavy atom. The second kappa shape index (κ2) is 10.7. The zero-order valence-electron chi connectivity index (χ0n) is 17.3. The molecule has 5 nitrogen and oxygen atoms in total. The SMILES string of the molecule is C/C=C\C(=C/NCC)c1cc2c(o1)C(=O)NCCC2C1=CCC(O)C=C1.CC. The van der Waals surface area contributed by atoms with Gasteiger partial charge < -0.3 is 20.2 Å². The number of fused-ring (bicyclic) bond motifs is 1. The quantitative estimate of drug-likeness (QED) is 0.662. The number of aliphatic hydroxyl groups is 1. The van der Waals surface area contributed by atoms with Crippen molar-refractivity contribution in [2.45, 2.75) is 52.6 Å².